The monoisotopic (exact) mass is 374 g/mol. The van der Waals surface area contributed by atoms with Gasteiger partial charge in [0.25, 0.3) is 0 Å². The van der Waals surface area contributed by atoms with Crippen molar-refractivity contribution in [1.29, 1.82) is 0 Å². The van der Waals surface area contributed by atoms with Crippen molar-refractivity contribution in [1.82, 2.24) is 10.6 Å². The molecule has 3 N–H and O–H groups in total. The van der Waals surface area contributed by atoms with E-state index < -0.39 is 12.0 Å². The van der Waals surface area contributed by atoms with Crippen LogP contribution in [0.3, 0.4) is 0 Å². The van der Waals surface area contributed by atoms with Crippen molar-refractivity contribution in [3.8, 4) is 5.75 Å². The van der Waals surface area contributed by atoms with Crippen molar-refractivity contribution >= 4 is 12.0 Å². The Labute approximate surface area is 159 Å². The second-order valence-corrected chi connectivity index (χ2v) is 7.30. The Balaban J connectivity index is 1.95. The van der Waals surface area contributed by atoms with E-state index in [1.54, 1.807) is 7.11 Å². The number of carbonyl (C=O) groups is 2. The van der Waals surface area contributed by atoms with E-state index in [0.29, 0.717) is 23.6 Å². The summed E-state index contributed by atoms with van der Waals surface area (Å²) in [6.07, 6.45) is 2.31. The fraction of sp³-hybridized carbons (Fsp3) is 0.500. The molecule has 7 nitrogen and oxygen atoms in total. The van der Waals surface area contributed by atoms with E-state index in [4.69, 9.17) is 9.47 Å². The summed E-state index contributed by atoms with van der Waals surface area (Å²) in [6.45, 7) is 4.94. The number of likely N-dealkylation sites (tertiary alicyclic amines) is 1. The van der Waals surface area contributed by atoms with E-state index >= 15 is 0 Å². The lowest BCUT2D eigenvalue weighted by Gasteiger charge is -2.32. The van der Waals surface area contributed by atoms with Crippen LogP contribution in [-0.4, -0.2) is 45.9 Å². The molecule has 3 rings (SSSR count). The summed E-state index contributed by atoms with van der Waals surface area (Å²) in [5.41, 5.74) is 1.88. The maximum atomic E-state index is 12.6. The highest BCUT2D eigenvalue weighted by Crippen LogP contribution is 2.29. The third-order valence-electron chi connectivity index (χ3n) is 5.39. The van der Waals surface area contributed by atoms with Crippen LogP contribution in [0.2, 0.25) is 0 Å². The number of quaternary nitrogens is 1. The molecule has 0 saturated carbocycles. The minimum Gasteiger partial charge on any atom is -0.497 e. The van der Waals surface area contributed by atoms with Gasteiger partial charge < -0.3 is 25.0 Å². The van der Waals surface area contributed by atoms with Crippen LogP contribution in [0, 0.1) is 5.92 Å². The van der Waals surface area contributed by atoms with Crippen molar-refractivity contribution in [2.75, 3.05) is 33.9 Å². The molecule has 0 unspecified atom stereocenters. The Morgan fingerprint density at radius 2 is 2.00 bits per heavy atom. The first-order chi connectivity index (χ1) is 13.0. The summed E-state index contributed by atoms with van der Waals surface area (Å²) in [5, 5.41) is 5.70. The van der Waals surface area contributed by atoms with Crippen LogP contribution in [-0.2, 0) is 9.53 Å². The lowest BCUT2D eigenvalue weighted by molar-refractivity contribution is -0.901. The molecule has 2 heterocycles. The van der Waals surface area contributed by atoms with E-state index in [9.17, 15) is 9.59 Å². The zero-order valence-electron chi connectivity index (χ0n) is 16.1. The Morgan fingerprint density at radius 1 is 1.26 bits per heavy atom. The first-order valence-corrected chi connectivity index (χ1v) is 9.38. The molecule has 2 aliphatic rings. The van der Waals surface area contributed by atoms with Gasteiger partial charge >= 0.3 is 12.0 Å². The van der Waals surface area contributed by atoms with Crippen LogP contribution in [0.4, 0.5) is 4.79 Å². The molecule has 1 aromatic carbocycles. The Morgan fingerprint density at radius 3 is 2.67 bits per heavy atom. The van der Waals surface area contributed by atoms with Crippen LogP contribution < -0.4 is 20.3 Å². The standard InChI is InChI=1S/C20H27N3O4/c1-13-7-9-23(10-8-13)12-16-17(19(24)27-3)18(22-20(25)21-16)14-5-4-6-15(11-14)26-2/h4-6,11,13,18H,7-10,12H2,1-3H3,(H2,21,22,25)/p+1/t18-/m0/s1. The fourth-order valence-corrected chi connectivity index (χ4v) is 3.78. The molecule has 2 amide bonds. The van der Waals surface area contributed by atoms with E-state index in [1.807, 2.05) is 24.3 Å². The molecule has 0 radical (unpaired) electrons. The Kier molecular flexibility index (Phi) is 6.01. The molecule has 1 atom stereocenters. The van der Waals surface area contributed by atoms with Gasteiger partial charge in [0.05, 0.1) is 44.6 Å². The minimum atomic E-state index is -0.570. The van der Waals surface area contributed by atoms with Gasteiger partial charge in [-0.05, 0) is 36.5 Å². The van der Waals surface area contributed by atoms with Gasteiger partial charge in [-0.2, -0.15) is 0 Å². The molecule has 146 valence electrons. The molecule has 1 saturated heterocycles. The number of hydrogen-bond donors (Lipinski definition) is 3. The number of esters is 1. The molecule has 2 aliphatic heterocycles. The average molecular weight is 374 g/mol. The summed E-state index contributed by atoms with van der Waals surface area (Å²) in [4.78, 5) is 26.3. The lowest BCUT2D eigenvalue weighted by Crippen LogP contribution is -3.13. The number of urea groups is 1. The SMILES string of the molecule is COC(=O)C1=C(C[NH+]2CCC(C)CC2)NC(=O)N[C@H]1c1cccc(OC)c1. The molecule has 0 bridgehead atoms. The summed E-state index contributed by atoms with van der Waals surface area (Å²) in [7, 11) is 2.95. The predicted octanol–water partition coefficient (Wildman–Crippen LogP) is 0.791. The number of hydrogen-bond acceptors (Lipinski definition) is 4. The zero-order valence-corrected chi connectivity index (χ0v) is 16.1. The highest BCUT2D eigenvalue weighted by molar-refractivity contribution is 5.95. The van der Waals surface area contributed by atoms with Crippen LogP contribution in [0.5, 0.6) is 5.75 Å². The molecule has 0 aromatic heterocycles. The number of benzene rings is 1. The fourth-order valence-electron chi connectivity index (χ4n) is 3.78. The maximum Gasteiger partial charge on any atom is 0.338 e. The van der Waals surface area contributed by atoms with E-state index in [2.05, 4.69) is 17.6 Å². The van der Waals surface area contributed by atoms with E-state index in [-0.39, 0.29) is 6.03 Å². The smallest absolute Gasteiger partial charge is 0.338 e. The topological polar surface area (TPSA) is 81.1 Å². The molecule has 7 heteroatoms. The molecule has 27 heavy (non-hydrogen) atoms. The molecule has 0 spiro atoms. The highest BCUT2D eigenvalue weighted by atomic mass is 16.5. The summed E-state index contributed by atoms with van der Waals surface area (Å²) in [6, 6.07) is 6.48. The third-order valence-corrected chi connectivity index (χ3v) is 5.39. The largest absolute Gasteiger partial charge is 0.497 e. The maximum absolute atomic E-state index is 12.6. The van der Waals surface area contributed by atoms with Crippen LogP contribution in [0.15, 0.2) is 35.5 Å². The van der Waals surface area contributed by atoms with Crippen LogP contribution >= 0.6 is 0 Å². The summed E-state index contributed by atoms with van der Waals surface area (Å²) >= 11 is 0. The molecular formula is C20H28N3O4+. The molecule has 0 aliphatic carbocycles. The van der Waals surface area contributed by atoms with Crippen molar-refractivity contribution in [3.05, 3.63) is 41.1 Å². The number of rotatable bonds is 5. The van der Waals surface area contributed by atoms with Gasteiger partial charge in [0.1, 0.15) is 12.3 Å². The predicted molar refractivity (Wildman–Crippen MR) is 100 cm³/mol. The van der Waals surface area contributed by atoms with Crippen molar-refractivity contribution in [2.24, 2.45) is 5.92 Å². The quantitative estimate of drug-likeness (QED) is 0.666. The third kappa shape index (κ3) is 4.42. The van der Waals surface area contributed by atoms with Gasteiger partial charge in [0, 0.05) is 0 Å². The van der Waals surface area contributed by atoms with Gasteiger partial charge in [-0.1, -0.05) is 19.1 Å². The number of carbonyl (C=O) groups excluding carboxylic acids is 2. The molecule has 1 fully saturated rings. The van der Waals surface area contributed by atoms with E-state index in [0.717, 1.165) is 37.4 Å². The zero-order chi connectivity index (χ0) is 19.4. The first-order valence-electron chi connectivity index (χ1n) is 9.38. The number of nitrogens with one attached hydrogen (secondary N) is 3. The van der Waals surface area contributed by atoms with Gasteiger partial charge in [0.15, 0.2) is 0 Å². The van der Waals surface area contributed by atoms with Crippen LogP contribution in [0.1, 0.15) is 31.4 Å². The number of ether oxygens (including phenoxy) is 2. The number of amides is 2. The van der Waals surface area contributed by atoms with Crippen molar-refractivity contribution in [2.45, 2.75) is 25.8 Å². The molecule has 1 aromatic rings. The van der Waals surface area contributed by atoms with Crippen molar-refractivity contribution in [3.63, 3.8) is 0 Å². The Bertz CT molecular complexity index is 738. The minimum absolute atomic E-state index is 0.310. The summed E-state index contributed by atoms with van der Waals surface area (Å²) < 4.78 is 10.3. The number of methoxy groups -OCH3 is 2. The average Bonchev–Trinajstić information content (AvgIpc) is 2.68. The summed E-state index contributed by atoms with van der Waals surface area (Å²) in [5.74, 6) is 0.965. The lowest BCUT2D eigenvalue weighted by atomic mass is 9.94. The number of piperidine rings is 1. The van der Waals surface area contributed by atoms with Gasteiger partial charge in [0.2, 0.25) is 0 Å². The van der Waals surface area contributed by atoms with Gasteiger partial charge in [-0.15, -0.1) is 0 Å². The van der Waals surface area contributed by atoms with E-state index in [1.165, 1.54) is 12.0 Å². The van der Waals surface area contributed by atoms with Gasteiger partial charge in [-0.3, -0.25) is 0 Å². The Hall–Kier alpha value is -2.54. The second-order valence-electron chi connectivity index (χ2n) is 7.30. The normalized spacial score (nSPS) is 25.4. The van der Waals surface area contributed by atoms with Crippen LogP contribution in [0.25, 0.3) is 0 Å². The van der Waals surface area contributed by atoms with Gasteiger partial charge in [-0.25, -0.2) is 9.59 Å². The van der Waals surface area contributed by atoms with Crippen molar-refractivity contribution < 1.29 is 24.0 Å². The molecular weight excluding hydrogens is 346 g/mol. The second kappa shape index (κ2) is 8.43. The first kappa shape index (κ1) is 19.2. The highest BCUT2D eigenvalue weighted by Gasteiger charge is 2.35.